The lowest BCUT2D eigenvalue weighted by molar-refractivity contribution is 0.0911. The van der Waals surface area contributed by atoms with E-state index in [1.54, 1.807) is 0 Å². The minimum atomic E-state index is 0.0191. The van der Waals surface area contributed by atoms with E-state index in [9.17, 15) is 4.79 Å². The molecule has 1 aromatic heterocycles. The summed E-state index contributed by atoms with van der Waals surface area (Å²) in [6, 6.07) is 9.72. The number of fused-ring (bicyclic) bond motifs is 1. The molecule has 20 heavy (non-hydrogen) atoms. The molecule has 3 heteroatoms. The molecule has 0 amide bonds. The van der Waals surface area contributed by atoms with E-state index < -0.39 is 0 Å². The Morgan fingerprint density at radius 3 is 2.50 bits per heavy atom. The predicted molar refractivity (Wildman–Crippen MR) is 78.1 cm³/mol. The molecule has 3 nitrogen and oxygen atoms in total. The first-order valence-electron chi connectivity index (χ1n) is 6.94. The van der Waals surface area contributed by atoms with Gasteiger partial charge in [-0.2, -0.15) is 0 Å². The molecular formula is C17H19NO2. The Kier molecular flexibility index (Phi) is 3.02. The number of aliphatic hydroxyl groups is 1. The first kappa shape index (κ1) is 13.1. The van der Waals surface area contributed by atoms with Gasteiger partial charge < -0.3 is 9.67 Å². The Bertz CT molecular complexity index is 650. The van der Waals surface area contributed by atoms with Crippen molar-refractivity contribution in [1.82, 2.24) is 4.57 Å². The Morgan fingerprint density at radius 2 is 1.85 bits per heavy atom. The summed E-state index contributed by atoms with van der Waals surface area (Å²) < 4.78 is 2.09. The van der Waals surface area contributed by atoms with Crippen LogP contribution in [0.2, 0.25) is 0 Å². The third-order valence-electron chi connectivity index (χ3n) is 3.97. The van der Waals surface area contributed by atoms with Gasteiger partial charge in [-0.1, -0.05) is 26.0 Å². The number of Topliss-reactive ketones (excluding diaryl/α,β-unsaturated/α-hetero) is 1. The van der Waals surface area contributed by atoms with Crippen molar-refractivity contribution < 1.29 is 9.90 Å². The molecule has 0 fully saturated rings. The molecule has 0 spiro atoms. The Hall–Kier alpha value is -1.87. The maximum Gasteiger partial charge on any atom is 0.165 e. The van der Waals surface area contributed by atoms with Crippen molar-refractivity contribution in [2.75, 3.05) is 0 Å². The Balaban J connectivity index is 2.05. The molecule has 0 radical (unpaired) electrons. The lowest BCUT2D eigenvalue weighted by atomic mass is 9.76. The summed E-state index contributed by atoms with van der Waals surface area (Å²) in [5, 5.41) is 9.10. The number of nitrogens with zero attached hydrogens (tertiary/aromatic N) is 1. The number of hydrogen-bond donors (Lipinski definition) is 1. The lowest BCUT2D eigenvalue weighted by Crippen LogP contribution is -2.27. The normalized spacial score (nSPS) is 17.1. The topological polar surface area (TPSA) is 42.2 Å². The second kappa shape index (κ2) is 4.60. The summed E-state index contributed by atoms with van der Waals surface area (Å²) in [5.41, 5.74) is 3.91. The first-order chi connectivity index (χ1) is 9.50. The average Bonchev–Trinajstić information content (AvgIpc) is 2.81. The van der Waals surface area contributed by atoms with Gasteiger partial charge in [0.05, 0.1) is 6.61 Å². The molecule has 1 aromatic carbocycles. The van der Waals surface area contributed by atoms with Crippen LogP contribution in [0.5, 0.6) is 0 Å². The molecule has 2 aromatic rings. The number of ketones is 1. The van der Waals surface area contributed by atoms with Gasteiger partial charge in [-0.05, 0) is 35.6 Å². The van der Waals surface area contributed by atoms with Crippen molar-refractivity contribution >= 4 is 5.78 Å². The molecule has 1 aliphatic carbocycles. The molecular weight excluding hydrogens is 250 g/mol. The van der Waals surface area contributed by atoms with Crippen molar-refractivity contribution in [3.05, 3.63) is 53.3 Å². The van der Waals surface area contributed by atoms with Crippen LogP contribution >= 0.6 is 0 Å². The Morgan fingerprint density at radius 1 is 1.15 bits per heavy atom. The fourth-order valence-electron chi connectivity index (χ4n) is 2.95. The van der Waals surface area contributed by atoms with Gasteiger partial charge in [0, 0.05) is 29.6 Å². The smallest absolute Gasteiger partial charge is 0.165 e. The van der Waals surface area contributed by atoms with Crippen LogP contribution in [0.25, 0.3) is 5.69 Å². The summed E-state index contributed by atoms with van der Waals surface area (Å²) in [6.07, 6.45) is 3.49. The van der Waals surface area contributed by atoms with E-state index >= 15 is 0 Å². The maximum atomic E-state index is 12.2. The van der Waals surface area contributed by atoms with Gasteiger partial charge in [-0.25, -0.2) is 0 Å². The quantitative estimate of drug-likeness (QED) is 0.910. The van der Waals surface area contributed by atoms with E-state index in [1.165, 1.54) is 0 Å². The highest BCUT2D eigenvalue weighted by Crippen LogP contribution is 2.36. The average molecular weight is 269 g/mol. The summed E-state index contributed by atoms with van der Waals surface area (Å²) in [7, 11) is 0. The van der Waals surface area contributed by atoms with Gasteiger partial charge in [0.15, 0.2) is 5.78 Å². The van der Waals surface area contributed by atoms with Crippen molar-refractivity contribution in [2.24, 2.45) is 5.41 Å². The Labute approximate surface area is 118 Å². The van der Waals surface area contributed by atoms with Gasteiger partial charge in [0.2, 0.25) is 0 Å². The third-order valence-corrected chi connectivity index (χ3v) is 3.97. The molecule has 0 bridgehead atoms. The van der Waals surface area contributed by atoms with E-state index in [0.29, 0.717) is 6.42 Å². The van der Waals surface area contributed by atoms with Gasteiger partial charge in [-0.3, -0.25) is 4.79 Å². The molecule has 0 aliphatic heterocycles. The fraction of sp³-hybridized carbons (Fsp3) is 0.353. The molecule has 104 valence electrons. The second-order valence-corrected chi connectivity index (χ2v) is 6.31. The second-order valence-electron chi connectivity index (χ2n) is 6.31. The van der Waals surface area contributed by atoms with Gasteiger partial charge in [-0.15, -0.1) is 0 Å². The summed E-state index contributed by atoms with van der Waals surface area (Å²) in [6.45, 7) is 4.33. The van der Waals surface area contributed by atoms with Crippen LogP contribution in [-0.4, -0.2) is 15.5 Å². The zero-order chi connectivity index (χ0) is 14.3. The monoisotopic (exact) mass is 269 g/mol. The molecule has 0 saturated heterocycles. The molecule has 3 rings (SSSR count). The molecule has 0 atom stereocenters. The zero-order valence-electron chi connectivity index (χ0n) is 11.9. The number of rotatable bonds is 2. The van der Waals surface area contributed by atoms with Gasteiger partial charge >= 0.3 is 0 Å². The third kappa shape index (κ3) is 2.18. The predicted octanol–water partition coefficient (Wildman–Crippen LogP) is 3.12. The highest BCUT2D eigenvalue weighted by atomic mass is 16.3. The number of carbonyl (C=O) groups is 1. The summed E-state index contributed by atoms with van der Waals surface area (Å²) in [4.78, 5) is 12.2. The van der Waals surface area contributed by atoms with Gasteiger partial charge in [0.1, 0.15) is 0 Å². The van der Waals surface area contributed by atoms with Crippen LogP contribution in [0.3, 0.4) is 0 Å². The largest absolute Gasteiger partial charge is 0.392 e. The van der Waals surface area contributed by atoms with E-state index in [1.807, 2.05) is 36.5 Å². The van der Waals surface area contributed by atoms with E-state index in [-0.39, 0.29) is 17.8 Å². The minimum Gasteiger partial charge on any atom is -0.392 e. The van der Waals surface area contributed by atoms with Crippen molar-refractivity contribution in [3.63, 3.8) is 0 Å². The SMILES string of the molecule is CC1(C)CC(=O)c2ccn(-c3ccc(CO)cc3)c2C1. The molecule has 1 N–H and O–H groups in total. The highest BCUT2D eigenvalue weighted by molar-refractivity contribution is 5.99. The van der Waals surface area contributed by atoms with E-state index in [2.05, 4.69) is 18.4 Å². The standard InChI is InChI=1S/C17H19NO2/c1-17(2)9-15-14(16(20)10-17)7-8-18(15)13-5-3-12(11-19)4-6-13/h3-8,19H,9-11H2,1-2H3. The van der Waals surface area contributed by atoms with E-state index in [4.69, 9.17) is 5.11 Å². The van der Waals surface area contributed by atoms with Crippen molar-refractivity contribution in [2.45, 2.75) is 33.3 Å². The van der Waals surface area contributed by atoms with Crippen LogP contribution < -0.4 is 0 Å². The number of benzene rings is 1. The summed E-state index contributed by atoms with van der Waals surface area (Å²) >= 11 is 0. The van der Waals surface area contributed by atoms with Crippen LogP contribution in [0.15, 0.2) is 36.5 Å². The van der Waals surface area contributed by atoms with Crippen LogP contribution in [-0.2, 0) is 13.0 Å². The molecule has 1 aliphatic rings. The zero-order valence-corrected chi connectivity index (χ0v) is 11.9. The minimum absolute atomic E-state index is 0.0191. The molecule has 0 saturated carbocycles. The maximum absolute atomic E-state index is 12.2. The fourth-order valence-corrected chi connectivity index (χ4v) is 2.95. The number of aliphatic hydroxyl groups excluding tert-OH is 1. The number of hydrogen-bond acceptors (Lipinski definition) is 2. The lowest BCUT2D eigenvalue weighted by Gasteiger charge is -2.29. The summed E-state index contributed by atoms with van der Waals surface area (Å²) in [5.74, 6) is 0.238. The van der Waals surface area contributed by atoms with Crippen molar-refractivity contribution in [1.29, 1.82) is 0 Å². The van der Waals surface area contributed by atoms with Crippen molar-refractivity contribution in [3.8, 4) is 5.69 Å². The van der Waals surface area contributed by atoms with E-state index in [0.717, 1.165) is 28.9 Å². The van der Waals surface area contributed by atoms with Crippen LogP contribution in [0.4, 0.5) is 0 Å². The van der Waals surface area contributed by atoms with Crippen LogP contribution in [0.1, 0.15) is 41.9 Å². The number of aromatic nitrogens is 1. The first-order valence-corrected chi connectivity index (χ1v) is 6.94. The molecule has 1 heterocycles. The van der Waals surface area contributed by atoms with Crippen LogP contribution in [0, 0.1) is 5.41 Å². The molecule has 0 unspecified atom stereocenters. The van der Waals surface area contributed by atoms with Gasteiger partial charge in [0.25, 0.3) is 0 Å². The number of carbonyl (C=O) groups excluding carboxylic acids is 1. The highest BCUT2D eigenvalue weighted by Gasteiger charge is 2.33.